The maximum atomic E-state index is 5.66. The summed E-state index contributed by atoms with van der Waals surface area (Å²) in [4.78, 5) is 6.55. The molecule has 14 heavy (non-hydrogen) atoms. The number of aromatic nitrogens is 1. The Labute approximate surface area is 87.7 Å². The average Bonchev–Trinajstić information content (AvgIpc) is 2.56. The minimum Gasteiger partial charge on any atom is -0.389 e. The molecule has 1 aromatic heterocycles. The highest BCUT2D eigenvalue weighted by atomic mass is 32.1. The van der Waals surface area contributed by atoms with Crippen LogP contribution < -0.4 is 10.6 Å². The largest absolute Gasteiger partial charge is 0.389 e. The standard InChI is InChI=1S/C9H15N3OS/c1-6-5-13-7(2)4-12(6)9-11-3-8(10)14-9/h3,6-7H,4-5,10H2,1-2H3. The van der Waals surface area contributed by atoms with E-state index in [1.165, 1.54) is 11.3 Å². The van der Waals surface area contributed by atoms with E-state index in [9.17, 15) is 0 Å². The van der Waals surface area contributed by atoms with Crippen LogP contribution in [0.1, 0.15) is 13.8 Å². The van der Waals surface area contributed by atoms with Crippen molar-refractivity contribution in [1.82, 2.24) is 4.98 Å². The molecule has 0 bridgehead atoms. The zero-order valence-corrected chi connectivity index (χ0v) is 9.25. The zero-order chi connectivity index (χ0) is 10.1. The Hall–Kier alpha value is -0.810. The number of anilines is 2. The van der Waals surface area contributed by atoms with Crippen LogP contribution in [0.5, 0.6) is 0 Å². The Morgan fingerprint density at radius 3 is 3.07 bits per heavy atom. The van der Waals surface area contributed by atoms with Gasteiger partial charge in [0.1, 0.15) is 5.00 Å². The third-order valence-corrected chi connectivity index (χ3v) is 3.23. The lowest BCUT2D eigenvalue weighted by molar-refractivity contribution is 0.0343. The smallest absolute Gasteiger partial charge is 0.187 e. The minimum atomic E-state index is 0.274. The van der Waals surface area contributed by atoms with Gasteiger partial charge in [0.2, 0.25) is 0 Å². The molecule has 0 aliphatic carbocycles. The van der Waals surface area contributed by atoms with Crippen molar-refractivity contribution in [2.45, 2.75) is 26.0 Å². The van der Waals surface area contributed by atoms with E-state index in [0.29, 0.717) is 6.04 Å². The lowest BCUT2D eigenvalue weighted by atomic mass is 10.2. The number of rotatable bonds is 1. The molecule has 0 spiro atoms. The number of ether oxygens (including phenoxy) is 1. The van der Waals surface area contributed by atoms with Gasteiger partial charge in [0.15, 0.2) is 5.13 Å². The van der Waals surface area contributed by atoms with Crippen molar-refractivity contribution < 1.29 is 4.74 Å². The van der Waals surface area contributed by atoms with Crippen molar-refractivity contribution >= 4 is 21.5 Å². The van der Waals surface area contributed by atoms with Crippen LogP contribution in [0.3, 0.4) is 0 Å². The van der Waals surface area contributed by atoms with Gasteiger partial charge in [-0.3, -0.25) is 0 Å². The summed E-state index contributed by atoms with van der Waals surface area (Å²) < 4.78 is 5.55. The average molecular weight is 213 g/mol. The summed E-state index contributed by atoms with van der Waals surface area (Å²) in [5, 5.41) is 1.77. The molecule has 78 valence electrons. The summed E-state index contributed by atoms with van der Waals surface area (Å²) in [5.41, 5.74) is 5.66. The molecule has 1 aliphatic rings. The van der Waals surface area contributed by atoms with Crippen LogP contribution in [-0.2, 0) is 4.74 Å². The Kier molecular flexibility index (Phi) is 2.60. The first-order chi connectivity index (χ1) is 6.66. The fourth-order valence-corrected chi connectivity index (χ4v) is 2.37. The maximum absolute atomic E-state index is 5.66. The van der Waals surface area contributed by atoms with Gasteiger partial charge in [-0.25, -0.2) is 4.98 Å². The predicted molar refractivity (Wildman–Crippen MR) is 58.7 cm³/mol. The molecular formula is C9H15N3OS. The van der Waals surface area contributed by atoms with Gasteiger partial charge in [-0.15, -0.1) is 0 Å². The molecule has 1 aliphatic heterocycles. The maximum Gasteiger partial charge on any atom is 0.187 e. The summed E-state index contributed by atoms with van der Waals surface area (Å²) in [6.07, 6.45) is 1.99. The molecule has 2 atom stereocenters. The normalized spacial score (nSPS) is 28.0. The van der Waals surface area contributed by atoms with Crippen molar-refractivity contribution in [3.05, 3.63) is 6.20 Å². The van der Waals surface area contributed by atoms with Crippen LogP contribution in [0.25, 0.3) is 0 Å². The zero-order valence-electron chi connectivity index (χ0n) is 8.43. The van der Waals surface area contributed by atoms with E-state index >= 15 is 0 Å². The highest BCUT2D eigenvalue weighted by molar-refractivity contribution is 7.19. The number of hydrogen-bond donors (Lipinski definition) is 1. The molecule has 1 saturated heterocycles. The van der Waals surface area contributed by atoms with E-state index in [1.807, 2.05) is 0 Å². The molecule has 1 fully saturated rings. The quantitative estimate of drug-likeness (QED) is 0.765. The van der Waals surface area contributed by atoms with Gasteiger partial charge in [-0.05, 0) is 13.8 Å². The fourth-order valence-electron chi connectivity index (χ4n) is 1.58. The summed E-state index contributed by atoms with van der Waals surface area (Å²) in [6.45, 7) is 5.88. The molecule has 1 aromatic rings. The minimum absolute atomic E-state index is 0.274. The number of hydrogen-bond acceptors (Lipinski definition) is 5. The molecule has 2 heterocycles. The van der Waals surface area contributed by atoms with Gasteiger partial charge in [0.25, 0.3) is 0 Å². The molecule has 4 nitrogen and oxygen atoms in total. The van der Waals surface area contributed by atoms with Crippen molar-refractivity contribution in [2.24, 2.45) is 0 Å². The molecule has 2 unspecified atom stereocenters. The predicted octanol–water partition coefficient (Wildman–Crippen LogP) is 1.34. The first-order valence-corrected chi connectivity index (χ1v) is 5.58. The molecule has 2 N–H and O–H groups in total. The molecule has 5 heteroatoms. The van der Waals surface area contributed by atoms with E-state index in [2.05, 4.69) is 23.7 Å². The summed E-state index contributed by atoms with van der Waals surface area (Å²) >= 11 is 1.54. The molecule has 0 saturated carbocycles. The number of nitrogens with zero attached hydrogens (tertiary/aromatic N) is 2. The van der Waals surface area contributed by atoms with Gasteiger partial charge in [-0.1, -0.05) is 11.3 Å². The van der Waals surface area contributed by atoms with Gasteiger partial charge < -0.3 is 15.4 Å². The van der Waals surface area contributed by atoms with Gasteiger partial charge in [0, 0.05) is 6.54 Å². The Morgan fingerprint density at radius 2 is 2.43 bits per heavy atom. The Balaban J connectivity index is 2.15. The van der Waals surface area contributed by atoms with Crippen LogP contribution in [-0.4, -0.2) is 30.3 Å². The van der Waals surface area contributed by atoms with Crippen LogP contribution in [0.15, 0.2) is 6.20 Å². The van der Waals surface area contributed by atoms with E-state index in [0.717, 1.165) is 23.3 Å². The van der Waals surface area contributed by atoms with Crippen LogP contribution in [0.4, 0.5) is 10.1 Å². The summed E-state index contributed by atoms with van der Waals surface area (Å²) in [7, 11) is 0. The second kappa shape index (κ2) is 3.74. The van der Waals surface area contributed by atoms with E-state index in [-0.39, 0.29) is 6.10 Å². The number of thiazole rings is 1. The highest BCUT2D eigenvalue weighted by Crippen LogP contribution is 2.27. The first kappa shape index (κ1) is 9.73. The van der Waals surface area contributed by atoms with Crippen molar-refractivity contribution in [3.8, 4) is 0 Å². The summed E-state index contributed by atoms with van der Waals surface area (Å²) in [5.74, 6) is 0. The molecule has 0 aromatic carbocycles. The summed E-state index contributed by atoms with van der Waals surface area (Å²) in [6, 6.07) is 0.386. The van der Waals surface area contributed by atoms with Crippen LogP contribution in [0, 0.1) is 0 Å². The number of morpholine rings is 1. The second-order valence-electron chi connectivity index (χ2n) is 3.69. The van der Waals surface area contributed by atoms with Gasteiger partial charge in [0.05, 0.1) is 24.9 Å². The molecular weight excluding hydrogens is 198 g/mol. The monoisotopic (exact) mass is 213 g/mol. The number of nitrogen functional groups attached to an aromatic ring is 1. The van der Waals surface area contributed by atoms with Crippen LogP contribution in [0.2, 0.25) is 0 Å². The van der Waals surface area contributed by atoms with E-state index in [4.69, 9.17) is 10.5 Å². The Morgan fingerprint density at radius 1 is 1.64 bits per heavy atom. The Bertz CT molecular complexity index is 315. The van der Waals surface area contributed by atoms with Gasteiger partial charge in [-0.2, -0.15) is 0 Å². The van der Waals surface area contributed by atoms with E-state index < -0.39 is 0 Å². The van der Waals surface area contributed by atoms with E-state index in [1.54, 1.807) is 6.20 Å². The molecule has 0 amide bonds. The van der Waals surface area contributed by atoms with Crippen molar-refractivity contribution in [2.75, 3.05) is 23.8 Å². The third-order valence-electron chi connectivity index (χ3n) is 2.36. The highest BCUT2D eigenvalue weighted by Gasteiger charge is 2.25. The lowest BCUT2D eigenvalue weighted by Crippen LogP contribution is -2.47. The fraction of sp³-hybridized carbons (Fsp3) is 0.667. The van der Waals surface area contributed by atoms with Gasteiger partial charge >= 0.3 is 0 Å². The first-order valence-electron chi connectivity index (χ1n) is 4.76. The van der Waals surface area contributed by atoms with Crippen molar-refractivity contribution in [3.63, 3.8) is 0 Å². The van der Waals surface area contributed by atoms with Crippen molar-refractivity contribution in [1.29, 1.82) is 0 Å². The SMILES string of the molecule is CC1CN(c2ncc(N)s2)C(C)CO1. The molecule has 0 radical (unpaired) electrons. The number of nitrogens with two attached hydrogens (primary N) is 1. The molecule has 2 rings (SSSR count). The third kappa shape index (κ3) is 1.83. The van der Waals surface area contributed by atoms with Crippen LogP contribution >= 0.6 is 11.3 Å². The second-order valence-corrected chi connectivity index (χ2v) is 4.73. The topological polar surface area (TPSA) is 51.4 Å². The lowest BCUT2D eigenvalue weighted by Gasteiger charge is -2.36.